The molecule has 0 radical (unpaired) electrons. The third-order valence-corrected chi connectivity index (χ3v) is 6.23. The summed E-state index contributed by atoms with van der Waals surface area (Å²) in [5, 5.41) is 13.4. The molecule has 0 aromatic heterocycles. The Balaban J connectivity index is 1.28. The molecule has 0 saturated carbocycles. The molecule has 2 saturated heterocycles. The van der Waals surface area contributed by atoms with E-state index in [1.165, 1.54) is 12.8 Å². The van der Waals surface area contributed by atoms with E-state index in [9.17, 15) is 9.90 Å². The fourth-order valence-corrected chi connectivity index (χ4v) is 4.26. The molecule has 2 aliphatic heterocycles. The van der Waals surface area contributed by atoms with E-state index >= 15 is 0 Å². The smallest absolute Gasteiger partial charge is 0.221 e. The third-order valence-electron chi connectivity index (χ3n) is 6.23. The topological polar surface area (TPSA) is 92.7 Å². The van der Waals surface area contributed by atoms with Gasteiger partial charge in [-0.3, -0.25) is 4.79 Å². The summed E-state index contributed by atoms with van der Waals surface area (Å²) >= 11 is 0. The monoisotopic (exact) mass is 465 g/mol. The average Bonchev–Trinajstić information content (AvgIpc) is 2.84. The van der Waals surface area contributed by atoms with Crippen molar-refractivity contribution in [1.82, 2.24) is 10.2 Å². The summed E-state index contributed by atoms with van der Waals surface area (Å²) in [5.41, 5.74) is 1.18. The van der Waals surface area contributed by atoms with Crippen LogP contribution >= 0.6 is 0 Å². The minimum atomic E-state index is -0.737. The number of carbonyl (C=O) groups is 1. The summed E-state index contributed by atoms with van der Waals surface area (Å²) in [6.07, 6.45) is 0.430. The van der Waals surface area contributed by atoms with E-state index in [2.05, 4.69) is 22.3 Å². The van der Waals surface area contributed by atoms with Gasteiger partial charge in [-0.15, -0.1) is 0 Å². The van der Waals surface area contributed by atoms with Gasteiger partial charge in [0.15, 0.2) is 6.29 Å². The number of likely N-dealkylation sites (N-methyl/N-ethyl adjacent to an activating group) is 1. The van der Waals surface area contributed by atoms with Crippen molar-refractivity contribution in [3.63, 3.8) is 0 Å². The highest BCUT2D eigenvalue weighted by Crippen LogP contribution is 2.24. The van der Waals surface area contributed by atoms with Crippen molar-refractivity contribution >= 4 is 11.6 Å². The number of hydrogen-bond acceptors (Lipinski definition) is 8. The van der Waals surface area contributed by atoms with Gasteiger partial charge in [0.1, 0.15) is 11.9 Å². The van der Waals surface area contributed by atoms with Crippen LogP contribution in [0.4, 0.5) is 5.69 Å². The fraction of sp³-hybridized carbons (Fsp3) is 0.708. The lowest BCUT2D eigenvalue weighted by molar-refractivity contribution is -0.243. The Kier molecular flexibility index (Phi) is 10.2. The van der Waals surface area contributed by atoms with Gasteiger partial charge in [0.25, 0.3) is 0 Å². The van der Waals surface area contributed by atoms with E-state index in [0.717, 1.165) is 38.5 Å². The Hall–Kier alpha value is -1.91. The van der Waals surface area contributed by atoms with Crippen molar-refractivity contribution < 1.29 is 28.8 Å². The molecule has 9 nitrogen and oxygen atoms in total. The molecule has 186 valence electrons. The van der Waals surface area contributed by atoms with Gasteiger partial charge < -0.3 is 39.2 Å². The molecular formula is C24H39N3O6. The quantitative estimate of drug-likeness (QED) is 0.472. The van der Waals surface area contributed by atoms with Crippen LogP contribution in [0.5, 0.6) is 5.75 Å². The molecule has 1 aromatic carbocycles. The number of nitrogens with zero attached hydrogens (tertiary/aromatic N) is 2. The number of aliphatic hydroxyl groups is 1. The highest BCUT2D eigenvalue weighted by atomic mass is 16.7. The van der Waals surface area contributed by atoms with Crippen LogP contribution in [-0.4, -0.2) is 101 Å². The molecule has 3 rings (SSSR count). The second-order valence-electron chi connectivity index (χ2n) is 8.72. The number of anilines is 1. The predicted octanol–water partition coefficient (Wildman–Crippen LogP) is 1.24. The van der Waals surface area contributed by atoms with Crippen molar-refractivity contribution in [2.45, 2.75) is 50.7 Å². The first-order chi connectivity index (χ1) is 16.0. The van der Waals surface area contributed by atoms with Gasteiger partial charge in [-0.1, -0.05) is 0 Å². The fourth-order valence-electron chi connectivity index (χ4n) is 4.26. The number of methoxy groups -OCH3 is 1. The zero-order valence-corrected chi connectivity index (χ0v) is 20.1. The first-order valence-corrected chi connectivity index (χ1v) is 11.9. The number of hydrogen-bond donors (Lipinski definition) is 2. The van der Waals surface area contributed by atoms with Crippen LogP contribution in [0, 0.1) is 0 Å². The van der Waals surface area contributed by atoms with Crippen LogP contribution in [0.15, 0.2) is 24.3 Å². The van der Waals surface area contributed by atoms with Crippen molar-refractivity contribution in [2.24, 2.45) is 0 Å². The van der Waals surface area contributed by atoms with E-state index in [1.54, 1.807) is 0 Å². The van der Waals surface area contributed by atoms with Crippen molar-refractivity contribution in [2.75, 3.05) is 65.1 Å². The van der Waals surface area contributed by atoms with Gasteiger partial charge in [-0.2, -0.15) is 0 Å². The van der Waals surface area contributed by atoms with Gasteiger partial charge >= 0.3 is 0 Å². The van der Waals surface area contributed by atoms with Gasteiger partial charge in [0, 0.05) is 51.4 Å². The lowest BCUT2D eigenvalue weighted by Crippen LogP contribution is -2.55. The molecule has 2 aliphatic rings. The lowest BCUT2D eigenvalue weighted by Gasteiger charge is -2.41. The van der Waals surface area contributed by atoms with Gasteiger partial charge in [-0.05, 0) is 51.1 Å². The number of morpholine rings is 1. The minimum absolute atomic E-state index is 0.00445. The van der Waals surface area contributed by atoms with Crippen LogP contribution in [0.3, 0.4) is 0 Å². The van der Waals surface area contributed by atoms with Crippen molar-refractivity contribution in [3.8, 4) is 5.75 Å². The molecular weight excluding hydrogens is 426 g/mol. The Morgan fingerprint density at radius 2 is 2.00 bits per heavy atom. The highest BCUT2D eigenvalue weighted by molar-refractivity contribution is 5.76. The largest absolute Gasteiger partial charge is 0.494 e. The van der Waals surface area contributed by atoms with E-state index in [4.69, 9.17) is 18.9 Å². The number of ether oxygens (including phenoxy) is 4. The van der Waals surface area contributed by atoms with Gasteiger partial charge in [-0.25, -0.2) is 0 Å². The number of amides is 1. The summed E-state index contributed by atoms with van der Waals surface area (Å²) < 4.78 is 22.0. The Morgan fingerprint density at radius 3 is 2.70 bits per heavy atom. The molecule has 1 amide bonds. The summed E-state index contributed by atoms with van der Waals surface area (Å²) in [6.45, 7) is 7.00. The Morgan fingerprint density at radius 1 is 1.27 bits per heavy atom. The van der Waals surface area contributed by atoms with Crippen molar-refractivity contribution in [1.29, 1.82) is 0 Å². The first kappa shape index (κ1) is 25.7. The number of benzene rings is 1. The average molecular weight is 466 g/mol. The van der Waals surface area contributed by atoms with Crippen LogP contribution < -0.4 is 15.0 Å². The summed E-state index contributed by atoms with van der Waals surface area (Å²) in [4.78, 5) is 16.5. The predicted molar refractivity (Wildman–Crippen MR) is 126 cm³/mol. The number of nitrogens with one attached hydrogen (secondary N) is 1. The molecule has 4 atom stereocenters. The number of aliphatic hydroxyl groups excluding tert-OH is 1. The molecule has 2 N–H and O–H groups in total. The molecule has 2 heterocycles. The second kappa shape index (κ2) is 13.1. The molecule has 9 heteroatoms. The SMILES string of the molecule is CO[C@@H]1O[C@H](C)C[C@H](N(C)CCC(=O)NCCCOc2ccc(N3CCOCC3)cc2)[C@H]1O. The Bertz CT molecular complexity index is 713. The molecule has 1 aromatic rings. The van der Waals surface area contributed by atoms with Crippen LogP contribution in [-0.2, 0) is 19.0 Å². The summed E-state index contributed by atoms with van der Waals surface area (Å²) in [6, 6.07) is 8.01. The molecule has 0 aliphatic carbocycles. The number of rotatable bonds is 11. The zero-order valence-electron chi connectivity index (χ0n) is 20.1. The standard InChI is InChI=1S/C24H39N3O6/c1-18-17-21(23(29)24(30-3)33-18)26(2)11-9-22(28)25-10-4-14-32-20-7-5-19(6-8-20)27-12-15-31-16-13-27/h5-8,18,21,23-24,29H,4,9-17H2,1-3H3,(H,25,28)/t18-,21+,23-,24-/m1/s1. The first-order valence-electron chi connectivity index (χ1n) is 11.9. The minimum Gasteiger partial charge on any atom is -0.494 e. The maximum Gasteiger partial charge on any atom is 0.221 e. The molecule has 33 heavy (non-hydrogen) atoms. The maximum absolute atomic E-state index is 12.2. The normalized spacial score (nSPS) is 25.8. The zero-order chi connectivity index (χ0) is 23.6. The van der Waals surface area contributed by atoms with E-state index in [1.807, 2.05) is 31.0 Å². The van der Waals surface area contributed by atoms with Crippen LogP contribution in [0.2, 0.25) is 0 Å². The Labute approximate surface area is 196 Å². The van der Waals surface area contributed by atoms with E-state index < -0.39 is 12.4 Å². The maximum atomic E-state index is 12.2. The van der Waals surface area contributed by atoms with Crippen LogP contribution in [0.25, 0.3) is 0 Å². The summed E-state index contributed by atoms with van der Waals surface area (Å²) in [5.74, 6) is 0.827. The van der Waals surface area contributed by atoms with Crippen LogP contribution in [0.1, 0.15) is 26.2 Å². The number of carbonyl (C=O) groups excluding carboxylic acids is 1. The highest BCUT2D eigenvalue weighted by Gasteiger charge is 2.38. The summed E-state index contributed by atoms with van der Waals surface area (Å²) in [7, 11) is 3.45. The second-order valence-corrected chi connectivity index (χ2v) is 8.72. The van der Waals surface area contributed by atoms with Crippen molar-refractivity contribution in [3.05, 3.63) is 24.3 Å². The van der Waals surface area contributed by atoms with Gasteiger partial charge in [0.2, 0.25) is 5.91 Å². The third kappa shape index (κ3) is 7.82. The molecule has 0 spiro atoms. The lowest BCUT2D eigenvalue weighted by atomic mass is 9.98. The molecule has 0 unspecified atom stereocenters. The molecule has 0 bridgehead atoms. The van der Waals surface area contributed by atoms with Gasteiger partial charge in [0.05, 0.1) is 25.9 Å². The van der Waals surface area contributed by atoms with E-state index in [0.29, 0.717) is 32.5 Å². The molecule has 2 fully saturated rings. The van der Waals surface area contributed by atoms with E-state index in [-0.39, 0.29) is 18.1 Å².